The highest BCUT2D eigenvalue weighted by atomic mass is 19.3. The molecule has 4 nitrogen and oxygen atoms in total. The molecule has 1 aliphatic carbocycles. The van der Waals surface area contributed by atoms with Crippen LogP contribution in [0.2, 0.25) is 0 Å². The van der Waals surface area contributed by atoms with Gasteiger partial charge >= 0.3 is 5.97 Å². The number of halogens is 2. The molecular weight excluding hydrogens is 256 g/mol. The molecule has 1 amide bonds. The molecule has 1 aliphatic heterocycles. The maximum absolute atomic E-state index is 13.0. The van der Waals surface area contributed by atoms with Crippen LogP contribution in [0, 0.1) is 11.8 Å². The SMILES string of the molecule is O=C(O)[C@@H]1CCCN(C(=O)C2CCC(F)(F)CC2)C1. The molecule has 1 saturated heterocycles. The number of carbonyl (C=O) groups is 2. The molecular formula is C13H19F2NO3. The number of aliphatic carboxylic acids is 1. The third-order valence-electron chi connectivity index (χ3n) is 4.15. The molecule has 0 aromatic heterocycles. The van der Waals surface area contributed by atoms with Crippen molar-refractivity contribution in [2.45, 2.75) is 44.4 Å². The Morgan fingerprint density at radius 1 is 1.11 bits per heavy atom. The number of alkyl halides is 2. The molecule has 0 bridgehead atoms. The third-order valence-corrected chi connectivity index (χ3v) is 4.15. The highest BCUT2D eigenvalue weighted by Crippen LogP contribution is 2.37. The van der Waals surface area contributed by atoms with Crippen LogP contribution in [0.3, 0.4) is 0 Å². The third kappa shape index (κ3) is 3.42. The lowest BCUT2D eigenvalue weighted by molar-refractivity contribution is -0.148. The molecule has 2 rings (SSSR count). The van der Waals surface area contributed by atoms with E-state index in [2.05, 4.69) is 0 Å². The van der Waals surface area contributed by atoms with Gasteiger partial charge in [-0.25, -0.2) is 8.78 Å². The lowest BCUT2D eigenvalue weighted by Gasteiger charge is -2.35. The van der Waals surface area contributed by atoms with Gasteiger partial charge < -0.3 is 10.0 Å². The van der Waals surface area contributed by atoms with Gasteiger partial charge in [-0.2, -0.15) is 0 Å². The van der Waals surface area contributed by atoms with E-state index in [9.17, 15) is 18.4 Å². The van der Waals surface area contributed by atoms with Gasteiger partial charge in [-0.3, -0.25) is 9.59 Å². The molecule has 0 unspecified atom stereocenters. The van der Waals surface area contributed by atoms with Crippen molar-refractivity contribution in [3.05, 3.63) is 0 Å². The van der Waals surface area contributed by atoms with Crippen LogP contribution >= 0.6 is 0 Å². The summed E-state index contributed by atoms with van der Waals surface area (Å²) in [5.74, 6) is -4.52. The largest absolute Gasteiger partial charge is 0.481 e. The van der Waals surface area contributed by atoms with Crippen LogP contribution in [-0.2, 0) is 9.59 Å². The van der Waals surface area contributed by atoms with Crippen LogP contribution in [0.5, 0.6) is 0 Å². The minimum atomic E-state index is -2.64. The van der Waals surface area contributed by atoms with E-state index in [0.29, 0.717) is 19.4 Å². The van der Waals surface area contributed by atoms with Crippen molar-refractivity contribution in [2.75, 3.05) is 13.1 Å². The van der Waals surface area contributed by atoms with E-state index >= 15 is 0 Å². The van der Waals surface area contributed by atoms with Crippen molar-refractivity contribution in [1.82, 2.24) is 4.90 Å². The summed E-state index contributed by atoms with van der Waals surface area (Å²) in [6, 6.07) is 0. The van der Waals surface area contributed by atoms with Crippen molar-refractivity contribution in [2.24, 2.45) is 11.8 Å². The Morgan fingerprint density at radius 3 is 2.32 bits per heavy atom. The molecule has 0 aromatic rings. The Bertz CT molecular complexity index is 363. The quantitative estimate of drug-likeness (QED) is 0.840. The number of likely N-dealkylation sites (tertiary alicyclic amines) is 1. The van der Waals surface area contributed by atoms with E-state index in [4.69, 9.17) is 5.11 Å². The number of carboxylic acids is 1. The van der Waals surface area contributed by atoms with E-state index in [1.807, 2.05) is 0 Å². The second kappa shape index (κ2) is 5.43. The van der Waals surface area contributed by atoms with Gasteiger partial charge in [-0.15, -0.1) is 0 Å². The molecule has 1 heterocycles. The van der Waals surface area contributed by atoms with Crippen LogP contribution in [0.4, 0.5) is 8.78 Å². The minimum absolute atomic E-state index is 0.138. The summed E-state index contributed by atoms with van der Waals surface area (Å²) in [5, 5.41) is 8.98. The monoisotopic (exact) mass is 275 g/mol. The summed E-state index contributed by atoms with van der Waals surface area (Å²) >= 11 is 0. The van der Waals surface area contributed by atoms with Crippen molar-refractivity contribution in [3.8, 4) is 0 Å². The van der Waals surface area contributed by atoms with E-state index in [0.717, 1.165) is 0 Å². The molecule has 1 saturated carbocycles. The van der Waals surface area contributed by atoms with Crippen LogP contribution in [0.1, 0.15) is 38.5 Å². The second-order valence-corrected chi connectivity index (χ2v) is 5.59. The average molecular weight is 275 g/mol. The van der Waals surface area contributed by atoms with Gasteiger partial charge in [0.25, 0.3) is 0 Å². The molecule has 108 valence electrons. The maximum Gasteiger partial charge on any atom is 0.308 e. The predicted octanol–water partition coefficient (Wildman–Crippen LogP) is 2.14. The predicted molar refractivity (Wildman–Crippen MR) is 63.8 cm³/mol. The molecule has 2 fully saturated rings. The maximum atomic E-state index is 13.0. The van der Waals surface area contributed by atoms with Crippen LogP contribution in [0.25, 0.3) is 0 Å². The van der Waals surface area contributed by atoms with E-state index in [-0.39, 0.29) is 44.1 Å². The Labute approximate surface area is 110 Å². The first-order valence-corrected chi connectivity index (χ1v) is 6.78. The van der Waals surface area contributed by atoms with Gasteiger partial charge in [0, 0.05) is 31.8 Å². The molecule has 6 heteroatoms. The second-order valence-electron chi connectivity index (χ2n) is 5.59. The first-order chi connectivity index (χ1) is 8.89. The number of carboxylic acid groups (broad SMARTS) is 1. The van der Waals surface area contributed by atoms with Crippen LogP contribution < -0.4 is 0 Å². The number of hydrogen-bond acceptors (Lipinski definition) is 2. The van der Waals surface area contributed by atoms with Gasteiger partial charge in [0.15, 0.2) is 0 Å². The topological polar surface area (TPSA) is 57.6 Å². The number of hydrogen-bond donors (Lipinski definition) is 1. The van der Waals surface area contributed by atoms with Crippen molar-refractivity contribution < 1.29 is 23.5 Å². The molecule has 2 aliphatic rings. The average Bonchev–Trinajstić information content (AvgIpc) is 2.38. The van der Waals surface area contributed by atoms with Crippen LogP contribution in [0.15, 0.2) is 0 Å². The molecule has 0 radical (unpaired) electrons. The molecule has 0 aromatic carbocycles. The van der Waals surface area contributed by atoms with Gasteiger partial charge in [0.2, 0.25) is 11.8 Å². The fraction of sp³-hybridized carbons (Fsp3) is 0.846. The van der Waals surface area contributed by atoms with Crippen molar-refractivity contribution >= 4 is 11.9 Å². The highest BCUT2D eigenvalue weighted by Gasteiger charge is 2.39. The Balaban J connectivity index is 1.91. The van der Waals surface area contributed by atoms with Gasteiger partial charge in [0.05, 0.1) is 5.92 Å². The fourth-order valence-corrected chi connectivity index (χ4v) is 2.92. The number of carbonyl (C=O) groups excluding carboxylic acids is 1. The van der Waals surface area contributed by atoms with Gasteiger partial charge in [-0.1, -0.05) is 0 Å². The lowest BCUT2D eigenvalue weighted by atomic mass is 9.85. The summed E-state index contributed by atoms with van der Waals surface area (Å²) < 4.78 is 26.1. The summed E-state index contributed by atoms with van der Waals surface area (Å²) in [4.78, 5) is 24.7. The molecule has 1 atom stereocenters. The number of amides is 1. The Morgan fingerprint density at radius 2 is 1.74 bits per heavy atom. The molecule has 0 spiro atoms. The van der Waals surface area contributed by atoms with Crippen molar-refractivity contribution in [3.63, 3.8) is 0 Å². The Hall–Kier alpha value is -1.20. The van der Waals surface area contributed by atoms with E-state index in [1.165, 1.54) is 0 Å². The standard InChI is InChI=1S/C13H19F2NO3/c14-13(15)5-3-9(4-6-13)11(17)16-7-1-2-10(8-16)12(18)19/h9-10H,1-8H2,(H,18,19)/t10-/m1/s1. The molecule has 19 heavy (non-hydrogen) atoms. The lowest BCUT2D eigenvalue weighted by Crippen LogP contribution is -2.46. The first kappa shape index (κ1) is 14.2. The zero-order valence-electron chi connectivity index (χ0n) is 10.8. The minimum Gasteiger partial charge on any atom is -0.481 e. The van der Waals surface area contributed by atoms with E-state index in [1.54, 1.807) is 4.90 Å². The fourth-order valence-electron chi connectivity index (χ4n) is 2.92. The Kier molecular flexibility index (Phi) is 4.06. The number of piperidine rings is 1. The zero-order valence-corrected chi connectivity index (χ0v) is 10.8. The summed E-state index contributed by atoms with van der Waals surface area (Å²) in [5.41, 5.74) is 0. The van der Waals surface area contributed by atoms with E-state index < -0.39 is 17.8 Å². The van der Waals surface area contributed by atoms with Gasteiger partial charge in [-0.05, 0) is 25.7 Å². The normalized spacial score (nSPS) is 28.1. The van der Waals surface area contributed by atoms with Crippen molar-refractivity contribution in [1.29, 1.82) is 0 Å². The first-order valence-electron chi connectivity index (χ1n) is 6.78. The summed E-state index contributed by atoms with van der Waals surface area (Å²) in [6.07, 6.45) is 1.20. The smallest absolute Gasteiger partial charge is 0.308 e. The number of rotatable bonds is 2. The summed E-state index contributed by atoms with van der Waals surface area (Å²) in [6.45, 7) is 0.774. The number of nitrogens with zero attached hydrogens (tertiary/aromatic N) is 1. The highest BCUT2D eigenvalue weighted by molar-refractivity contribution is 5.80. The van der Waals surface area contributed by atoms with Gasteiger partial charge in [0.1, 0.15) is 0 Å². The van der Waals surface area contributed by atoms with Crippen LogP contribution in [-0.4, -0.2) is 40.9 Å². The molecule has 1 N–H and O–H groups in total. The summed E-state index contributed by atoms with van der Waals surface area (Å²) in [7, 11) is 0. The zero-order chi connectivity index (χ0) is 14.0.